The number of benzene rings is 1. The predicted octanol–water partition coefficient (Wildman–Crippen LogP) is 3.02. The van der Waals surface area contributed by atoms with Crippen molar-refractivity contribution >= 4 is 18.2 Å². The lowest BCUT2D eigenvalue weighted by atomic mass is 9.92. The van der Waals surface area contributed by atoms with Gasteiger partial charge >= 0.3 is 0 Å². The van der Waals surface area contributed by atoms with Crippen LogP contribution in [0.25, 0.3) is 0 Å². The highest BCUT2D eigenvalue weighted by molar-refractivity contribution is 5.85. The van der Waals surface area contributed by atoms with Gasteiger partial charge in [-0.15, -0.1) is 12.4 Å². The van der Waals surface area contributed by atoms with Crippen molar-refractivity contribution in [2.24, 2.45) is 5.73 Å². The Morgan fingerprint density at radius 2 is 1.62 bits per heavy atom. The molecule has 2 nitrogen and oxygen atoms in total. The van der Waals surface area contributed by atoms with E-state index in [1.165, 1.54) is 22.3 Å². The quantitative estimate of drug-likeness (QED) is 0.617. The van der Waals surface area contributed by atoms with Gasteiger partial charge in [0.2, 0.25) is 0 Å². The molecule has 0 aliphatic carbocycles. The van der Waals surface area contributed by atoms with Crippen molar-refractivity contribution in [1.29, 1.82) is 5.41 Å². The highest BCUT2D eigenvalue weighted by atomic mass is 35.5. The van der Waals surface area contributed by atoms with Gasteiger partial charge in [-0.25, -0.2) is 0 Å². The second-order valence-electron chi connectivity index (χ2n) is 3.97. The maximum atomic E-state index is 7.41. The van der Waals surface area contributed by atoms with Gasteiger partial charge in [0.15, 0.2) is 0 Å². The Bertz CT molecular complexity index is 347. The van der Waals surface area contributed by atoms with Crippen LogP contribution in [0.1, 0.15) is 36.1 Å². The Morgan fingerprint density at radius 1 is 1.19 bits per heavy atom. The minimum Gasteiger partial charge on any atom is -0.387 e. The topological polar surface area (TPSA) is 49.9 Å². The number of nitrogens with two attached hydrogens (primary N) is 1. The van der Waals surface area contributed by atoms with Crippen LogP contribution in [0.3, 0.4) is 0 Å². The van der Waals surface area contributed by atoms with E-state index in [0.29, 0.717) is 6.42 Å². The van der Waals surface area contributed by atoms with Gasteiger partial charge in [0, 0.05) is 6.42 Å². The molecule has 90 valence electrons. The minimum atomic E-state index is 0. The van der Waals surface area contributed by atoms with Crippen LogP contribution in [-0.4, -0.2) is 5.84 Å². The summed E-state index contributed by atoms with van der Waals surface area (Å²) in [6.45, 7) is 6.42. The third kappa shape index (κ3) is 3.53. The fraction of sp³-hybridized carbons (Fsp3) is 0.462. The summed E-state index contributed by atoms with van der Waals surface area (Å²) in [6, 6.07) is 4.41. The van der Waals surface area contributed by atoms with Crippen LogP contribution in [0.15, 0.2) is 12.1 Å². The maximum Gasteiger partial charge on any atom is 0.0950 e. The first kappa shape index (κ1) is 15.0. The van der Waals surface area contributed by atoms with Crippen LogP contribution < -0.4 is 5.73 Å². The van der Waals surface area contributed by atoms with Gasteiger partial charge in [0.05, 0.1) is 5.84 Å². The largest absolute Gasteiger partial charge is 0.387 e. The summed E-state index contributed by atoms with van der Waals surface area (Å²) in [5, 5.41) is 7.41. The lowest BCUT2D eigenvalue weighted by Gasteiger charge is -2.14. The molecule has 3 heteroatoms. The Hall–Kier alpha value is -1.02. The molecular formula is C13H21ClN2. The Kier molecular flexibility index (Phi) is 6.12. The fourth-order valence-corrected chi connectivity index (χ4v) is 2.02. The second kappa shape index (κ2) is 6.54. The third-order valence-electron chi connectivity index (χ3n) is 2.71. The first-order valence-electron chi connectivity index (χ1n) is 5.52. The highest BCUT2D eigenvalue weighted by Gasteiger charge is 2.08. The SMILES string of the molecule is CCc1cc(C)cc(CC)c1CC(=N)N.Cl. The molecule has 0 spiro atoms. The van der Waals surface area contributed by atoms with Crippen LogP contribution in [-0.2, 0) is 19.3 Å². The van der Waals surface area contributed by atoms with Gasteiger partial charge < -0.3 is 5.73 Å². The Morgan fingerprint density at radius 3 is 1.94 bits per heavy atom. The van der Waals surface area contributed by atoms with E-state index in [0.717, 1.165) is 12.8 Å². The van der Waals surface area contributed by atoms with Gasteiger partial charge in [0.25, 0.3) is 0 Å². The first-order valence-corrected chi connectivity index (χ1v) is 5.52. The summed E-state index contributed by atoms with van der Waals surface area (Å²) in [5.74, 6) is 0.253. The molecule has 0 saturated heterocycles. The number of hydrogen-bond acceptors (Lipinski definition) is 1. The summed E-state index contributed by atoms with van der Waals surface area (Å²) in [5.41, 5.74) is 10.7. The van der Waals surface area contributed by atoms with E-state index in [9.17, 15) is 0 Å². The van der Waals surface area contributed by atoms with Gasteiger partial charge in [-0.05, 0) is 36.5 Å². The van der Waals surface area contributed by atoms with Gasteiger partial charge in [0.1, 0.15) is 0 Å². The summed E-state index contributed by atoms with van der Waals surface area (Å²) in [4.78, 5) is 0. The molecule has 0 amide bonds. The van der Waals surface area contributed by atoms with Crippen molar-refractivity contribution in [2.75, 3.05) is 0 Å². The average molecular weight is 241 g/mol. The zero-order chi connectivity index (χ0) is 11.4. The number of rotatable bonds is 4. The van der Waals surface area contributed by atoms with E-state index < -0.39 is 0 Å². The molecule has 3 N–H and O–H groups in total. The van der Waals surface area contributed by atoms with Crippen LogP contribution in [0, 0.1) is 12.3 Å². The van der Waals surface area contributed by atoms with Crippen LogP contribution in [0.2, 0.25) is 0 Å². The summed E-state index contributed by atoms with van der Waals surface area (Å²) >= 11 is 0. The zero-order valence-electron chi connectivity index (χ0n) is 10.3. The van der Waals surface area contributed by atoms with Crippen molar-refractivity contribution < 1.29 is 0 Å². The molecule has 0 aliphatic heterocycles. The number of nitrogens with one attached hydrogen (secondary N) is 1. The van der Waals surface area contributed by atoms with E-state index in [4.69, 9.17) is 11.1 Å². The average Bonchev–Trinajstić information content (AvgIpc) is 2.19. The number of hydrogen-bond donors (Lipinski definition) is 2. The lowest BCUT2D eigenvalue weighted by molar-refractivity contribution is 1.01. The minimum absolute atomic E-state index is 0. The molecule has 0 atom stereocenters. The van der Waals surface area contributed by atoms with Crippen LogP contribution in [0.4, 0.5) is 0 Å². The van der Waals surface area contributed by atoms with E-state index in [-0.39, 0.29) is 18.2 Å². The zero-order valence-corrected chi connectivity index (χ0v) is 11.1. The number of aryl methyl sites for hydroxylation is 3. The summed E-state index contributed by atoms with van der Waals surface area (Å²) < 4.78 is 0. The molecule has 16 heavy (non-hydrogen) atoms. The lowest BCUT2D eigenvalue weighted by Crippen LogP contribution is -2.15. The van der Waals surface area contributed by atoms with Crippen molar-refractivity contribution in [2.45, 2.75) is 40.0 Å². The standard InChI is InChI=1S/C13H20N2.ClH/c1-4-10-6-9(3)7-11(5-2)12(10)8-13(14)15;/h6-7H,4-5,8H2,1-3H3,(H3,14,15);1H. The molecule has 0 unspecified atom stereocenters. The number of halogens is 1. The number of amidine groups is 1. The molecule has 0 aliphatic rings. The summed E-state index contributed by atoms with van der Waals surface area (Å²) in [6.07, 6.45) is 2.61. The normalized spacial score (nSPS) is 9.69. The van der Waals surface area contributed by atoms with Gasteiger partial charge in [-0.2, -0.15) is 0 Å². The van der Waals surface area contributed by atoms with E-state index in [1.807, 2.05) is 0 Å². The van der Waals surface area contributed by atoms with E-state index in [1.54, 1.807) is 0 Å². The Labute approximate surface area is 104 Å². The molecule has 0 radical (unpaired) electrons. The van der Waals surface area contributed by atoms with Crippen molar-refractivity contribution in [3.8, 4) is 0 Å². The molecule has 1 rings (SSSR count). The van der Waals surface area contributed by atoms with E-state index >= 15 is 0 Å². The van der Waals surface area contributed by atoms with Crippen molar-refractivity contribution in [1.82, 2.24) is 0 Å². The molecule has 0 saturated carbocycles. The van der Waals surface area contributed by atoms with Crippen LogP contribution >= 0.6 is 12.4 Å². The Balaban J connectivity index is 0.00000225. The molecular weight excluding hydrogens is 220 g/mol. The smallest absolute Gasteiger partial charge is 0.0950 e. The molecule has 0 aromatic heterocycles. The molecule has 1 aromatic carbocycles. The third-order valence-corrected chi connectivity index (χ3v) is 2.71. The monoisotopic (exact) mass is 240 g/mol. The van der Waals surface area contributed by atoms with Crippen molar-refractivity contribution in [3.05, 3.63) is 34.4 Å². The molecule has 1 aromatic rings. The molecule has 0 heterocycles. The summed E-state index contributed by atoms with van der Waals surface area (Å²) in [7, 11) is 0. The molecule has 0 bridgehead atoms. The fourth-order valence-electron chi connectivity index (χ4n) is 2.02. The molecule has 0 fully saturated rings. The van der Waals surface area contributed by atoms with Gasteiger partial charge in [-0.1, -0.05) is 31.5 Å². The van der Waals surface area contributed by atoms with Crippen LogP contribution in [0.5, 0.6) is 0 Å². The van der Waals surface area contributed by atoms with Gasteiger partial charge in [-0.3, -0.25) is 5.41 Å². The second-order valence-corrected chi connectivity index (χ2v) is 3.97. The first-order chi connectivity index (χ1) is 7.08. The highest BCUT2D eigenvalue weighted by Crippen LogP contribution is 2.19. The van der Waals surface area contributed by atoms with Crippen molar-refractivity contribution in [3.63, 3.8) is 0 Å². The van der Waals surface area contributed by atoms with E-state index in [2.05, 4.69) is 32.9 Å². The maximum absolute atomic E-state index is 7.41. The predicted molar refractivity (Wildman–Crippen MR) is 72.8 cm³/mol.